The summed E-state index contributed by atoms with van der Waals surface area (Å²) in [5.41, 5.74) is 2.64. The Morgan fingerprint density at radius 1 is 1.24 bits per heavy atom. The molecular weight excluding hydrogens is 318 g/mol. The van der Waals surface area contributed by atoms with Gasteiger partial charge in [-0.25, -0.2) is 4.98 Å². The summed E-state index contributed by atoms with van der Waals surface area (Å²) in [5.74, 6) is 0.168. The first-order chi connectivity index (χ1) is 12.0. The molecule has 1 aromatic carbocycles. The lowest BCUT2D eigenvalue weighted by Gasteiger charge is -2.04. The van der Waals surface area contributed by atoms with Crippen molar-refractivity contribution in [3.8, 4) is 11.5 Å². The molecular formula is C19H19N3O3. The summed E-state index contributed by atoms with van der Waals surface area (Å²) in [7, 11) is 1.61. The van der Waals surface area contributed by atoms with Crippen LogP contribution in [0.25, 0.3) is 11.5 Å². The molecule has 2 heterocycles. The molecule has 0 aliphatic heterocycles. The minimum atomic E-state index is -0.386. The second kappa shape index (κ2) is 7.17. The number of rotatable bonds is 5. The third-order valence-electron chi connectivity index (χ3n) is 3.88. The number of hydrogen-bond acceptors (Lipinski definition) is 4. The van der Waals surface area contributed by atoms with Crippen LogP contribution < -0.4 is 10.9 Å². The number of nitrogens with one attached hydrogen (secondary N) is 1. The van der Waals surface area contributed by atoms with Crippen LogP contribution in [0.3, 0.4) is 0 Å². The Balaban J connectivity index is 1.59. The van der Waals surface area contributed by atoms with Gasteiger partial charge in [-0.15, -0.1) is 0 Å². The van der Waals surface area contributed by atoms with Crippen molar-refractivity contribution in [2.24, 2.45) is 7.05 Å². The normalized spacial score (nSPS) is 10.6. The van der Waals surface area contributed by atoms with Gasteiger partial charge in [-0.2, -0.15) is 0 Å². The molecule has 0 unspecified atom stereocenters. The first-order valence-corrected chi connectivity index (χ1v) is 8.00. The molecule has 6 nitrogen and oxygen atoms in total. The molecule has 1 amide bonds. The summed E-state index contributed by atoms with van der Waals surface area (Å²) < 4.78 is 6.87. The summed E-state index contributed by atoms with van der Waals surface area (Å²) in [6.45, 7) is 2.39. The third kappa shape index (κ3) is 3.85. The molecule has 6 heteroatoms. The van der Waals surface area contributed by atoms with Crippen molar-refractivity contribution in [2.45, 2.75) is 13.3 Å². The first-order valence-electron chi connectivity index (χ1n) is 8.00. The number of nitrogens with zero attached hydrogens (tertiary/aromatic N) is 2. The van der Waals surface area contributed by atoms with E-state index in [0.29, 0.717) is 18.9 Å². The predicted octanol–water partition coefficient (Wildman–Crippen LogP) is 2.32. The second-order valence-corrected chi connectivity index (χ2v) is 5.85. The van der Waals surface area contributed by atoms with E-state index in [-0.39, 0.29) is 17.0 Å². The van der Waals surface area contributed by atoms with Gasteiger partial charge in [-0.05, 0) is 31.2 Å². The minimum absolute atomic E-state index is 0.130. The molecule has 0 radical (unpaired) electrons. The van der Waals surface area contributed by atoms with E-state index in [1.54, 1.807) is 25.6 Å². The zero-order valence-corrected chi connectivity index (χ0v) is 14.2. The van der Waals surface area contributed by atoms with E-state index < -0.39 is 0 Å². The number of carbonyl (C=O) groups is 1. The topological polar surface area (TPSA) is 77.1 Å². The van der Waals surface area contributed by atoms with Gasteiger partial charge in [0.15, 0.2) is 0 Å². The van der Waals surface area contributed by atoms with Crippen molar-refractivity contribution in [1.29, 1.82) is 0 Å². The van der Waals surface area contributed by atoms with Crippen molar-refractivity contribution < 1.29 is 9.21 Å². The third-order valence-corrected chi connectivity index (χ3v) is 3.88. The lowest BCUT2D eigenvalue weighted by Crippen LogP contribution is -2.32. The number of carbonyl (C=O) groups excluding carboxylic acids is 1. The maximum absolute atomic E-state index is 12.1. The Bertz CT molecular complexity index is 939. The molecule has 0 aliphatic rings. The lowest BCUT2D eigenvalue weighted by molar-refractivity contribution is 0.0952. The van der Waals surface area contributed by atoms with Crippen LogP contribution in [0.15, 0.2) is 58.1 Å². The molecule has 128 valence electrons. The molecule has 0 bridgehead atoms. The van der Waals surface area contributed by atoms with E-state index in [1.165, 1.54) is 16.2 Å². The van der Waals surface area contributed by atoms with Gasteiger partial charge in [0.05, 0.1) is 5.69 Å². The van der Waals surface area contributed by atoms with Crippen LogP contribution in [-0.4, -0.2) is 22.0 Å². The predicted molar refractivity (Wildman–Crippen MR) is 94.4 cm³/mol. The number of pyridine rings is 1. The van der Waals surface area contributed by atoms with Gasteiger partial charge in [0.25, 0.3) is 11.5 Å². The van der Waals surface area contributed by atoms with Gasteiger partial charge in [0.2, 0.25) is 5.89 Å². The van der Waals surface area contributed by atoms with Gasteiger partial charge in [0.1, 0.15) is 11.8 Å². The van der Waals surface area contributed by atoms with Crippen LogP contribution in [0.4, 0.5) is 0 Å². The van der Waals surface area contributed by atoms with Crippen LogP contribution >= 0.6 is 0 Å². The Kier molecular flexibility index (Phi) is 4.79. The van der Waals surface area contributed by atoms with E-state index in [2.05, 4.69) is 10.3 Å². The summed E-state index contributed by atoms with van der Waals surface area (Å²) in [6.07, 6.45) is 3.72. The number of hydrogen-bond donors (Lipinski definition) is 1. The van der Waals surface area contributed by atoms with Crippen LogP contribution in [0.5, 0.6) is 0 Å². The summed E-state index contributed by atoms with van der Waals surface area (Å²) in [4.78, 5) is 28.4. The number of oxazole rings is 1. The van der Waals surface area contributed by atoms with Crippen molar-refractivity contribution in [3.05, 3.63) is 76.0 Å². The van der Waals surface area contributed by atoms with Crippen LogP contribution in [0, 0.1) is 6.92 Å². The molecule has 0 atom stereocenters. The molecule has 0 spiro atoms. The zero-order chi connectivity index (χ0) is 17.8. The van der Waals surface area contributed by atoms with Crippen molar-refractivity contribution in [1.82, 2.24) is 14.9 Å². The number of aromatic nitrogens is 2. The average molecular weight is 337 g/mol. The highest BCUT2D eigenvalue weighted by atomic mass is 16.3. The Hall–Kier alpha value is -3.15. The average Bonchev–Trinajstić information content (AvgIpc) is 3.07. The zero-order valence-electron chi connectivity index (χ0n) is 14.2. The highest BCUT2D eigenvalue weighted by Gasteiger charge is 2.11. The standard InChI is InChI=1S/C19H19N3O3/c1-13-5-7-14(8-6-13)18-21-15(12-25-18)9-10-20-17(23)16-4-3-11-22(2)19(16)24/h3-8,11-12H,9-10H2,1-2H3,(H,20,23). The fraction of sp³-hybridized carbons (Fsp3) is 0.211. The summed E-state index contributed by atoms with van der Waals surface area (Å²) in [6, 6.07) is 11.1. The molecule has 3 rings (SSSR count). The van der Waals surface area contributed by atoms with Crippen molar-refractivity contribution in [2.75, 3.05) is 6.54 Å². The number of benzene rings is 1. The molecule has 0 saturated carbocycles. The second-order valence-electron chi connectivity index (χ2n) is 5.85. The molecule has 2 aromatic heterocycles. The monoisotopic (exact) mass is 337 g/mol. The highest BCUT2D eigenvalue weighted by molar-refractivity contribution is 5.93. The van der Waals surface area contributed by atoms with Crippen LogP contribution in [0.1, 0.15) is 21.6 Å². The Morgan fingerprint density at radius 2 is 2.00 bits per heavy atom. The fourth-order valence-electron chi connectivity index (χ4n) is 2.42. The van der Waals surface area contributed by atoms with Crippen molar-refractivity contribution in [3.63, 3.8) is 0 Å². The van der Waals surface area contributed by atoms with Crippen molar-refractivity contribution >= 4 is 5.91 Å². The van der Waals surface area contributed by atoms with Crippen LogP contribution in [0.2, 0.25) is 0 Å². The van der Waals surface area contributed by atoms with E-state index in [9.17, 15) is 9.59 Å². The highest BCUT2D eigenvalue weighted by Crippen LogP contribution is 2.19. The van der Waals surface area contributed by atoms with Crippen LogP contribution in [-0.2, 0) is 13.5 Å². The fourth-order valence-corrected chi connectivity index (χ4v) is 2.42. The number of amides is 1. The van der Waals surface area contributed by atoms with Gasteiger partial charge in [-0.1, -0.05) is 17.7 Å². The smallest absolute Gasteiger partial charge is 0.263 e. The maximum atomic E-state index is 12.1. The minimum Gasteiger partial charge on any atom is -0.444 e. The Labute approximate surface area is 145 Å². The van der Waals surface area contributed by atoms with E-state index in [0.717, 1.165) is 11.3 Å². The molecule has 25 heavy (non-hydrogen) atoms. The molecule has 3 aromatic rings. The summed E-state index contributed by atoms with van der Waals surface area (Å²) in [5, 5.41) is 2.74. The molecule has 0 saturated heterocycles. The van der Waals surface area contributed by atoms with Gasteiger partial charge >= 0.3 is 0 Å². The quantitative estimate of drug-likeness (QED) is 0.775. The van der Waals surface area contributed by atoms with E-state index in [4.69, 9.17) is 4.42 Å². The summed E-state index contributed by atoms with van der Waals surface area (Å²) >= 11 is 0. The SMILES string of the molecule is Cc1ccc(-c2nc(CCNC(=O)c3cccn(C)c3=O)co2)cc1. The number of aryl methyl sites for hydroxylation is 2. The Morgan fingerprint density at radius 3 is 2.76 bits per heavy atom. The van der Waals surface area contributed by atoms with E-state index in [1.807, 2.05) is 31.2 Å². The maximum Gasteiger partial charge on any atom is 0.263 e. The molecule has 0 aliphatic carbocycles. The first kappa shape index (κ1) is 16.7. The largest absolute Gasteiger partial charge is 0.444 e. The van der Waals surface area contributed by atoms with E-state index >= 15 is 0 Å². The molecule has 1 N–H and O–H groups in total. The van der Waals surface area contributed by atoms with Gasteiger partial charge < -0.3 is 14.3 Å². The van der Waals surface area contributed by atoms with Gasteiger partial charge in [-0.3, -0.25) is 9.59 Å². The van der Waals surface area contributed by atoms with Gasteiger partial charge in [0, 0.05) is 31.8 Å². The molecule has 0 fully saturated rings. The lowest BCUT2D eigenvalue weighted by atomic mass is 10.1.